The molecule has 2 atom stereocenters. The fourth-order valence-corrected chi connectivity index (χ4v) is 2.78. The molecule has 1 aromatic rings. The maximum absolute atomic E-state index is 12.3. The molecule has 0 spiro atoms. The number of likely N-dealkylation sites (tertiary alicyclic amines) is 1. The summed E-state index contributed by atoms with van der Waals surface area (Å²) in [6.45, 7) is 3.80. The van der Waals surface area contributed by atoms with Crippen LogP contribution in [0.1, 0.15) is 12.5 Å². The topological polar surface area (TPSA) is 43.8 Å². The van der Waals surface area contributed by atoms with E-state index in [1.807, 2.05) is 11.0 Å². The summed E-state index contributed by atoms with van der Waals surface area (Å²) in [5, 5.41) is 9.42. The van der Waals surface area contributed by atoms with Gasteiger partial charge >= 0.3 is 0 Å². The number of phenols is 1. The van der Waals surface area contributed by atoms with Gasteiger partial charge in [0.2, 0.25) is 5.91 Å². The number of nitrogens with zero attached hydrogens (tertiary/aromatic N) is 2. The third-order valence-electron chi connectivity index (χ3n) is 3.85. The number of likely N-dealkylation sites (N-methyl/N-ethyl adjacent to an activating group) is 1. The van der Waals surface area contributed by atoms with Crippen molar-refractivity contribution in [1.82, 2.24) is 9.80 Å². The molecule has 1 fully saturated rings. The van der Waals surface area contributed by atoms with E-state index < -0.39 is 0 Å². The minimum atomic E-state index is 0.141. The van der Waals surface area contributed by atoms with Gasteiger partial charge in [0.05, 0.1) is 6.42 Å². The molecule has 0 saturated carbocycles. The number of hydrogen-bond acceptors (Lipinski definition) is 3. The van der Waals surface area contributed by atoms with Crippen molar-refractivity contribution >= 4 is 5.91 Å². The fourth-order valence-electron chi connectivity index (χ4n) is 2.78. The van der Waals surface area contributed by atoms with E-state index in [-0.39, 0.29) is 11.7 Å². The second-order valence-corrected chi connectivity index (χ2v) is 5.65. The van der Waals surface area contributed by atoms with E-state index in [1.54, 1.807) is 18.2 Å². The highest BCUT2D eigenvalue weighted by Gasteiger charge is 2.33. The second kappa shape index (κ2) is 5.61. The van der Waals surface area contributed by atoms with Crippen molar-refractivity contribution in [1.29, 1.82) is 0 Å². The maximum Gasteiger partial charge on any atom is 0.227 e. The van der Waals surface area contributed by atoms with E-state index in [9.17, 15) is 9.90 Å². The van der Waals surface area contributed by atoms with Gasteiger partial charge < -0.3 is 14.9 Å². The van der Waals surface area contributed by atoms with Crippen LogP contribution in [0.5, 0.6) is 5.75 Å². The van der Waals surface area contributed by atoms with Crippen molar-refractivity contribution < 1.29 is 9.90 Å². The smallest absolute Gasteiger partial charge is 0.227 e. The summed E-state index contributed by atoms with van der Waals surface area (Å²) >= 11 is 0. The van der Waals surface area contributed by atoms with Crippen LogP contribution >= 0.6 is 0 Å². The van der Waals surface area contributed by atoms with Gasteiger partial charge in [-0.2, -0.15) is 0 Å². The highest BCUT2D eigenvalue weighted by Crippen LogP contribution is 2.21. The van der Waals surface area contributed by atoms with Crippen molar-refractivity contribution in [3.8, 4) is 5.75 Å². The second-order valence-electron chi connectivity index (χ2n) is 5.65. The van der Waals surface area contributed by atoms with Crippen molar-refractivity contribution in [2.75, 3.05) is 27.2 Å². The molecule has 4 nitrogen and oxygen atoms in total. The Labute approximate surface area is 114 Å². The average Bonchev–Trinajstić information content (AvgIpc) is 2.71. The van der Waals surface area contributed by atoms with Gasteiger partial charge in [0.25, 0.3) is 0 Å². The molecule has 0 aromatic heterocycles. The molecule has 1 saturated heterocycles. The molecular weight excluding hydrogens is 240 g/mol. The lowest BCUT2D eigenvalue weighted by Crippen LogP contribution is -2.36. The number of phenolic OH excluding ortho intramolecular Hbond substituents is 1. The molecule has 0 radical (unpaired) electrons. The van der Waals surface area contributed by atoms with Gasteiger partial charge in [-0.25, -0.2) is 0 Å². The first-order valence-corrected chi connectivity index (χ1v) is 6.69. The molecule has 104 valence electrons. The predicted octanol–water partition coefficient (Wildman–Crippen LogP) is 1.34. The van der Waals surface area contributed by atoms with Crippen LogP contribution in [0.3, 0.4) is 0 Å². The van der Waals surface area contributed by atoms with Crippen LogP contribution in [0.15, 0.2) is 24.3 Å². The zero-order valence-electron chi connectivity index (χ0n) is 11.8. The van der Waals surface area contributed by atoms with Gasteiger partial charge in [-0.1, -0.05) is 19.1 Å². The first-order chi connectivity index (χ1) is 8.97. The number of carbonyl (C=O) groups is 1. The number of benzene rings is 1. The van der Waals surface area contributed by atoms with Gasteiger partial charge in [0.15, 0.2) is 0 Å². The zero-order chi connectivity index (χ0) is 14.0. The standard InChI is InChI=1S/C15H22N2O2/c1-11-9-17(10-14(11)16(2)3)15(19)8-12-5-4-6-13(18)7-12/h4-7,11,14,18H,8-10H2,1-3H3. The largest absolute Gasteiger partial charge is 0.508 e. The van der Waals surface area contributed by atoms with Crippen LogP contribution < -0.4 is 0 Å². The van der Waals surface area contributed by atoms with Gasteiger partial charge in [-0.15, -0.1) is 0 Å². The molecular formula is C15H22N2O2. The highest BCUT2D eigenvalue weighted by atomic mass is 16.3. The Morgan fingerprint density at radius 1 is 1.42 bits per heavy atom. The lowest BCUT2D eigenvalue weighted by Gasteiger charge is -2.22. The highest BCUT2D eigenvalue weighted by molar-refractivity contribution is 5.79. The third-order valence-corrected chi connectivity index (χ3v) is 3.85. The molecule has 1 aliphatic rings. The maximum atomic E-state index is 12.3. The number of amides is 1. The summed E-state index contributed by atoms with van der Waals surface area (Å²) in [7, 11) is 4.12. The summed E-state index contributed by atoms with van der Waals surface area (Å²) < 4.78 is 0. The van der Waals surface area contributed by atoms with E-state index >= 15 is 0 Å². The van der Waals surface area contributed by atoms with Crippen LogP contribution in [0.4, 0.5) is 0 Å². The summed E-state index contributed by atoms with van der Waals surface area (Å²) in [6, 6.07) is 7.36. The molecule has 4 heteroatoms. The Balaban J connectivity index is 1.98. The van der Waals surface area contributed by atoms with Crippen molar-refractivity contribution in [2.24, 2.45) is 5.92 Å². The van der Waals surface area contributed by atoms with Crippen LogP contribution in [0, 0.1) is 5.92 Å². The fraction of sp³-hybridized carbons (Fsp3) is 0.533. The van der Waals surface area contributed by atoms with Crippen LogP contribution in [-0.2, 0) is 11.2 Å². The van der Waals surface area contributed by atoms with Gasteiger partial charge in [-0.3, -0.25) is 4.79 Å². The molecule has 1 heterocycles. The van der Waals surface area contributed by atoms with E-state index in [2.05, 4.69) is 25.9 Å². The average molecular weight is 262 g/mol. The SMILES string of the molecule is CC1CN(C(=O)Cc2cccc(O)c2)CC1N(C)C. The van der Waals surface area contributed by atoms with Crippen molar-refractivity contribution in [3.05, 3.63) is 29.8 Å². The number of rotatable bonds is 3. The van der Waals surface area contributed by atoms with Crippen LogP contribution in [-0.4, -0.2) is 54.0 Å². The summed E-state index contributed by atoms with van der Waals surface area (Å²) in [5.74, 6) is 0.858. The molecule has 1 aliphatic heterocycles. The first-order valence-electron chi connectivity index (χ1n) is 6.69. The normalized spacial score (nSPS) is 23.1. The van der Waals surface area contributed by atoms with Gasteiger partial charge in [0, 0.05) is 19.1 Å². The monoisotopic (exact) mass is 262 g/mol. The Morgan fingerprint density at radius 3 is 2.74 bits per heavy atom. The molecule has 1 amide bonds. The molecule has 2 rings (SSSR count). The minimum absolute atomic E-state index is 0.141. The molecule has 2 unspecified atom stereocenters. The Hall–Kier alpha value is -1.55. The Kier molecular flexibility index (Phi) is 4.10. The van der Waals surface area contributed by atoms with E-state index in [0.717, 1.165) is 18.7 Å². The van der Waals surface area contributed by atoms with E-state index in [1.165, 1.54) is 0 Å². The Morgan fingerprint density at radius 2 is 2.16 bits per heavy atom. The minimum Gasteiger partial charge on any atom is -0.508 e. The zero-order valence-corrected chi connectivity index (χ0v) is 11.8. The predicted molar refractivity (Wildman–Crippen MR) is 75.0 cm³/mol. The van der Waals surface area contributed by atoms with Crippen molar-refractivity contribution in [3.63, 3.8) is 0 Å². The third kappa shape index (κ3) is 3.26. The van der Waals surface area contributed by atoms with Crippen LogP contribution in [0.25, 0.3) is 0 Å². The molecule has 0 aliphatic carbocycles. The summed E-state index contributed by atoms with van der Waals surface area (Å²) in [4.78, 5) is 16.4. The van der Waals surface area contributed by atoms with E-state index in [4.69, 9.17) is 0 Å². The van der Waals surface area contributed by atoms with Gasteiger partial charge in [-0.05, 0) is 37.7 Å². The number of carbonyl (C=O) groups excluding carboxylic acids is 1. The first kappa shape index (κ1) is 13.9. The summed E-state index contributed by atoms with van der Waals surface area (Å²) in [5.41, 5.74) is 0.867. The molecule has 1 aromatic carbocycles. The quantitative estimate of drug-likeness (QED) is 0.894. The summed E-state index contributed by atoms with van der Waals surface area (Å²) in [6.07, 6.45) is 0.362. The molecule has 0 bridgehead atoms. The molecule has 1 N–H and O–H groups in total. The number of hydrogen-bond donors (Lipinski definition) is 1. The van der Waals surface area contributed by atoms with Gasteiger partial charge in [0.1, 0.15) is 5.75 Å². The Bertz CT molecular complexity index is 459. The lowest BCUT2D eigenvalue weighted by molar-refractivity contribution is -0.129. The molecule has 19 heavy (non-hydrogen) atoms. The van der Waals surface area contributed by atoms with E-state index in [0.29, 0.717) is 18.4 Å². The number of aromatic hydroxyl groups is 1. The van der Waals surface area contributed by atoms with Crippen LogP contribution in [0.2, 0.25) is 0 Å². The lowest BCUT2D eigenvalue weighted by atomic mass is 10.1. The van der Waals surface area contributed by atoms with Crippen molar-refractivity contribution in [2.45, 2.75) is 19.4 Å².